The average molecular weight is 465 g/mol. The number of nitrogens with zero attached hydrogens (tertiary/aromatic N) is 1. The Hall–Kier alpha value is -3.05. The summed E-state index contributed by atoms with van der Waals surface area (Å²) < 4.78 is 5.42. The molecule has 3 aromatic rings. The Labute approximate surface area is 199 Å². The summed E-state index contributed by atoms with van der Waals surface area (Å²) in [7, 11) is 0. The van der Waals surface area contributed by atoms with Crippen molar-refractivity contribution < 1.29 is 14.0 Å². The summed E-state index contributed by atoms with van der Waals surface area (Å²) in [6.07, 6.45) is 7.45. The fourth-order valence-electron chi connectivity index (χ4n) is 4.43. The van der Waals surface area contributed by atoms with Crippen molar-refractivity contribution in [1.82, 2.24) is 10.2 Å². The molecule has 1 N–H and O–H groups in total. The molecule has 33 heavy (non-hydrogen) atoms. The van der Waals surface area contributed by atoms with Crippen molar-refractivity contribution >= 4 is 23.4 Å². The second-order valence-electron chi connectivity index (χ2n) is 8.51. The lowest BCUT2D eigenvalue weighted by Gasteiger charge is -2.33. The van der Waals surface area contributed by atoms with E-state index in [2.05, 4.69) is 5.32 Å². The van der Waals surface area contributed by atoms with Crippen LogP contribution in [0.25, 0.3) is 0 Å². The van der Waals surface area contributed by atoms with Crippen molar-refractivity contribution in [2.75, 3.05) is 6.54 Å². The van der Waals surface area contributed by atoms with E-state index in [4.69, 9.17) is 16.0 Å². The highest BCUT2D eigenvalue weighted by Gasteiger charge is 2.34. The van der Waals surface area contributed by atoms with Gasteiger partial charge in [0, 0.05) is 17.6 Å². The Morgan fingerprint density at radius 2 is 1.70 bits per heavy atom. The molecule has 1 saturated carbocycles. The van der Waals surface area contributed by atoms with Gasteiger partial charge in [-0.15, -0.1) is 0 Å². The van der Waals surface area contributed by atoms with Gasteiger partial charge in [0.25, 0.3) is 5.91 Å². The molecule has 0 spiro atoms. The first-order valence-electron chi connectivity index (χ1n) is 11.6. The number of nitrogens with one attached hydrogen (secondary N) is 1. The Morgan fingerprint density at radius 1 is 0.970 bits per heavy atom. The highest BCUT2D eigenvalue weighted by atomic mass is 35.5. The number of carbonyl (C=O) groups excluding carboxylic acids is 2. The molecule has 2 aromatic carbocycles. The van der Waals surface area contributed by atoms with Gasteiger partial charge in [0.05, 0.1) is 6.26 Å². The van der Waals surface area contributed by atoms with Crippen LogP contribution in [0.15, 0.2) is 77.4 Å². The third kappa shape index (κ3) is 6.05. The van der Waals surface area contributed by atoms with E-state index in [9.17, 15) is 9.59 Å². The topological polar surface area (TPSA) is 62.6 Å². The van der Waals surface area contributed by atoms with Crippen LogP contribution >= 0.6 is 11.6 Å². The highest BCUT2D eigenvalue weighted by Crippen LogP contribution is 2.27. The molecule has 2 amide bonds. The molecule has 0 bridgehead atoms. The molecule has 1 unspecified atom stereocenters. The van der Waals surface area contributed by atoms with E-state index in [1.165, 1.54) is 12.7 Å². The fourth-order valence-corrected chi connectivity index (χ4v) is 4.55. The van der Waals surface area contributed by atoms with Gasteiger partial charge in [0.2, 0.25) is 5.91 Å². The lowest BCUT2D eigenvalue weighted by atomic mass is 9.94. The monoisotopic (exact) mass is 464 g/mol. The molecule has 0 saturated heterocycles. The SMILES string of the molecule is O=C(NC1CCCCC1)C(c1ccc(Cl)cc1)N(CCc1ccccc1)C(=O)c1ccco1. The van der Waals surface area contributed by atoms with Crippen molar-refractivity contribution in [3.63, 3.8) is 0 Å². The highest BCUT2D eigenvalue weighted by molar-refractivity contribution is 6.30. The number of rotatable bonds is 8. The maximum absolute atomic E-state index is 13.7. The molecule has 4 rings (SSSR count). The zero-order valence-corrected chi connectivity index (χ0v) is 19.3. The lowest BCUT2D eigenvalue weighted by molar-refractivity contribution is -0.126. The number of hydrogen-bond acceptors (Lipinski definition) is 3. The number of halogens is 1. The number of benzene rings is 2. The molecule has 0 radical (unpaired) electrons. The van der Waals surface area contributed by atoms with Crippen LogP contribution in [0, 0.1) is 0 Å². The molecule has 5 nitrogen and oxygen atoms in total. The van der Waals surface area contributed by atoms with Gasteiger partial charge < -0.3 is 14.6 Å². The van der Waals surface area contributed by atoms with Gasteiger partial charge >= 0.3 is 0 Å². The zero-order chi connectivity index (χ0) is 23.0. The van der Waals surface area contributed by atoms with Crippen molar-refractivity contribution in [3.05, 3.63) is 94.9 Å². The van der Waals surface area contributed by atoms with Gasteiger partial charge in [0.1, 0.15) is 6.04 Å². The third-order valence-electron chi connectivity index (χ3n) is 6.17. The van der Waals surface area contributed by atoms with Crippen LogP contribution in [0.4, 0.5) is 0 Å². The first-order valence-corrected chi connectivity index (χ1v) is 11.9. The molecule has 0 aliphatic heterocycles. The molecule has 172 valence electrons. The van der Waals surface area contributed by atoms with Crippen molar-refractivity contribution in [3.8, 4) is 0 Å². The van der Waals surface area contributed by atoms with Gasteiger partial charge in [-0.1, -0.05) is 73.3 Å². The van der Waals surface area contributed by atoms with Crippen LogP contribution in [-0.4, -0.2) is 29.3 Å². The van der Waals surface area contributed by atoms with E-state index < -0.39 is 6.04 Å². The quantitative estimate of drug-likeness (QED) is 0.457. The van der Waals surface area contributed by atoms with E-state index in [0.29, 0.717) is 18.0 Å². The largest absolute Gasteiger partial charge is 0.459 e. The molecule has 1 aromatic heterocycles. The van der Waals surface area contributed by atoms with E-state index in [1.807, 2.05) is 42.5 Å². The fraction of sp³-hybridized carbons (Fsp3) is 0.333. The molecule has 1 aliphatic carbocycles. The van der Waals surface area contributed by atoms with Gasteiger partial charge in [-0.3, -0.25) is 9.59 Å². The number of hydrogen-bond donors (Lipinski definition) is 1. The van der Waals surface area contributed by atoms with Gasteiger partial charge in [-0.25, -0.2) is 0 Å². The van der Waals surface area contributed by atoms with Crippen molar-refractivity contribution in [2.24, 2.45) is 0 Å². The van der Waals surface area contributed by atoms with Gasteiger partial charge in [0.15, 0.2) is 5.76 Å². The van der Waals surface area contributed by atoms with E-state index >= 15 is 0 Å². The van der Waals surface area contributed by atoms with E-state index in [0.717, 1.165) is 36.8 Å². The molecular weight excluding hydrogens is 436 g/mol. The van der Waals surface area contributed by atoms with E-state index in [1.54, 1.807) is 29.2 Å². The Balaban J connectivity index is 1.66. The minimum Gasteiger partial charge on any atom is -0.459 e. The summed E-state index contributed by atoms with van der Waals surface area (Å²) in [5, 5.41) is 3.80. The number of amides is 2. The minimum absolute atomic E-state index is 0.135. The van der Waals surface area contributed by atoms with Crippen molar-refractivity contribution in [1.29, 1.82) is 0 Å². The zero-order valence-electron chi connectivity index (χ0n) is 18.6. The van der Waals surface area contributed by atoms with Gasteiger partial charge in [-0.05, 0) is 54.7 Å². The Bertz CT molecular complexity index is 1030. The summed E-state index contributed by atoms with van der Waals surface area (Å²) >= 11 is 6.12. The van der Waals surface area contributed by atoms with Gasteiger partial charge in [-0.2, -0.15) is 0 Å². The smallest absolute Gasteiger partial charge is 0.290 e. The first kappa shape index (κ1) is 23.1. The van der Waals surface area contributed by atoms with Crippen LogP contribution in [0.1, 0.15) is 59.8 Å². The second-order valence-corrected chi connectivity index (χ2v) is 8.95. The average Bonchev–Trinajstić information content (AvgIpc) is 3.38. The van der Waals surface area contributed by atoms with Crippen LogP contribution in [-0.2, 0) is 11.2 Å². The summed E-state index contributed by atoms with van der Waals surface area (Å²) in [6, 6.07) is 19.8. The predicted molar refractivity (Wildman–Crippen MR) is 129 cm³/mol. The normalized spacial score (nSPS) is 15.1. The van der Waals surface area contributed by atoms with Crippen molar-refractivity contribution in [2.45, 2.75) is 50.6 Å². The lowest BCUT2D eigenvalue weighted by Crippen LogP contribution is -2.47. The summed E-state index contributed by atoms with van der Waals surface area (Å²) in [5.74, 6) is -0.264. The molecule has 1 aliphatic rings. The summed E-state index contributed by atoms with van der Waals surface area (Å²) in [4.78, 5) is 28.8. The maximum Gasteiger partial charge on any atom is 0.290 e. The third-order valence-corrected chi connectivity index (χ3v) is 6.43. The van der Waals surface area contributed by atoms with Crippen LogP contribution in [0.2, 0.25) is 5.02 Å². The minimum atomic E-state index is -0.787. The number of carbonyl (C=O) groups is 2. The Morgan fingerprint density at radius 3 is 2.36 bits per heavy atom. The second kappa shape index (κ2) is 11.2. The molecule has 1 heterocycles. The van der Waals surface area contributed by atoms with E-state index in [-0.39, 0.29) is 23.6 Å². The molecule has 1 fully saturated rings. The number of furan rings is 1. The molecule has 1 atom stereocenters. The Kier molecular flexibility index (Phi) is 7.84. The summed E-state index contributed by atoms with van der Waals surface area (Å²) in [5.41, 5.74) is 1.82. The first-order chi connectivity index (χ1) is 16.1. The van der Waals surface area contributed by atoms with Crippen LogP contribution < -0.4 is 5.32 Å². The maximum atomic E-state index is 13.7. The summed E-state index contributed by atoms with van der Waals surface area (Å²) in [6.45, 7) is 0.370. The standard InChI is InChI=1S/C27H29ClN2O3/c28-22-15-13-21(14-16-22)25(26(31)29-23-10-5-2-6-11-23)30(27(32)24-12-7-19-33-24)18-17-20-8-3-1-4-9-20/h1,3-4,7-9,12-16,19,23,25H,2,5-6,10-11,17-18H2,(H,29,31). The molecule has 6 heteroatoms. The molecular formula is C27H29ClN2O3. The predicted octanol–water partition coefficient (Wildman–Crippen LogP) is 5.81. The van der Waals surface area contributed by atoms with Crippen LogP contribution in [0.3, 0.4) is 0 Å². The van der Waals surface area contributed by atoms with Crippen LogP contribution in [0.5, 0.6) is 0 Å².